The Morgan fingerprint density at radius 1 is 0.159 bits per heavy atom. The van der Waals surface area contributed by atoms with Gasteiger partial charge < -0.3 is 0 Å². The summed E-state index contributed by atoms with van der Waals surface area (Å²) < 4.78 is 0. The average Bonchev–Trinajstić information content (AvgIpc) is 1.52. The minimum atomic E-state index is -0.493. The molecular weight excluding hydrogens is 1530 g/mol. The fourth-order valence-corrected chi connectivity index (χ4v) is 21.3. The van der Waals surface area contributed by atoms with E-state index in [2.05, 4.69) is 405 Å². The van der Waals surface area contributed by atoms with Crippen LogP contribution in [-0.2, 0) is 10.8 Å². The molecular formula is C120H74N6. The summed E-state index contributed by atoms with van der Waals surface area (Å²) >= 11 is 0. The Kier molecular flexibility index (Phi) is 16.7. The molecule has 6 heteroatoms. The molecule has 0 radical (unpaired) electrons. The molecule has 0 saturated carbocycles. The van der Waals surface area contributed by atoms with E-state index in [1.54, 1.807) is 0 Å². The summed E-state index contributed by atoms with van der Waals surface area (Å²) in [6.45, 7) is 0. The van der Waals surface area contributed by atoms with Crippen LogP contribution in [0.15, 0.2) is 449 Å². The second-order valence-corrected chi connectivity index (χ2v) is 33.3. The normalized spacial score (nSPS) is 12.9. The SMILES string of the molecule is c1ccc(C2(c3ccccc3)c3ccccc3-c3cc4c(-c5cccc(-c6ccc(-c7cc8cccnc8c8ncccc78)c7ccccc67)c5)nc5ccccc5c4cc32)cc1.c1ccc(C2(c3ccccc3)c3ccccc3-c3cc4c(-c5cccc(-c6ccc7cc(-c8cc9cccnc9c9ncccc89)ccc7c6)c5)nc5ccccc5c4cc32)cc1. The molecule has 584 valence electrons. The molecule has 24 aromatic rings. The van der Waals surface area contributed by atoms with Crippen LogP contribution in [0.1, 0.15) is 44.5 Å². The molecule has 0 atom stereocenters. The van der Waals surface area contributed by atoms with Crippen LogP contribution in [0.3, 0.4) is 0 Å². The molecule has 6 heterocycles. The highest BCUT2D eigenvalue weighted by molar-refractivity contribution is 6.19. The molecule has 18 aromatic carbocycles. The number of benzene rings is 18. The topological polar surface area (TPSA) is 77.3 Å². The zero-order valence-electron chi connectivity index (χ0n) is 68.4. The van der Waals surface area contributed by atoms with Crippen molar-refractivity contribution in [2.75, 3.05) is 0 Å². The Morgan fingerprint density at radius 2 is 0.524 bits per heavy atom. The summed E-state index contributed by atoms with van der Waals surface area (Å²) in [6.07, 6.45) is 7.39. The van der Waals surface area contributed by atoms with Crippen LogP contribution in [0, 0.1) is 0 Å². The third-order valence-electron chi connectivity index (χ3n) is 26.8. The fourth-order valence-electron chi connectivity index (χ4n) is 21.3. The van der Waals surface area contributed by atoms with Gasteiger partial charge in [0.25, 0.3) is 0 Å². The Bertz CT molecular complexity index is 8530. The van der Waals surface area contributed by atoms with Crippen LogP contribution < -0.4 is 0 Å². The quantitative estimate of drug-likeness (QED) is 0.127. The molecule has 0 fully saturated rings. The second kappa shape index (κ2) is 29.1. The van der Waals surface area contributed by atoms with Gasteiger partial charge in [-0.1, -0.05) is 328 Å². The molecule has 26 rings (SSSR count). The van der Waals surface area contributed by atoms with Gasteiger partial charge in [0.05, 0.1) is 55.3 Å². The van der Waals surface area contributed by atoms with Gasteiger partial charge in [0, 0.05) is 79.0 Å². The Morgan fingerprint density at radius 3 is 1.04 bits per heavy atom. The number of nitrogens with zero attached hydrogens (tertiary/aromatic N) is 6. The molecule has 0 bridgehead atoms. The highest BCUT2D eigenvalue weighted by Gasteiger charge is 2.48. The van der Waals surface area contributed by atoms with Crippen LogP contribution in [0.25, 0.3) is 198 Å². The Balaban J connectivity index is 0.000000137. The lowest BCUT2D eigenvalue weighted by molar-refractivity contribution is 0.769. The van der Waals surface area contributed by atoms with Crippen molar-refractivity contribution in [3.8, 4) is 89.3 Å². The van der Waals surface area contributed by atoms with Crippen molar-refractivity contribution in [1.82, 2.24) is 29.9 Å². The van der Waals surface area contributed by atoms with Gasteiger partial charge in [0.1, 0.15) is 0 Å². The van der Waals surface area contributed by atoms with E-state index in [1.165, 1.54) is 116 Å². The number of para-hydroxylation sites is 2. The molecule has 0 unspecified atom stereocenters. The number of fused-ring (bicyclic) bond motifs is 20. The van der Waals surface area contributed by atoms with Crippen molar-refractivity contribution >= 4 is 109 Å². The first kappa shape index (κ1) is 72.3. The zero-order chi connectivity index (χ0) is 83.0. The maximum atomic E-state index is 5.50. The minimum Gasteiger partial charge on any atom is -0.254 e. The zero-order valence-corrected chi connectivity index (χ0v) is 68.4. The first-order valence-corrected chi connectivity index (χ1v) is 43.2. The summed E-state index contributed by atoms with van der Waals surface area (Å²) in [7, 11) is 0. The van der Waals surface area contributed by atoms with Gasteiger partial charge in [-0.3, -0.25) is 19.9 Å². The second-order valence-electron chi connectivity index (χ2n) is 33.3. The highest BCUT2D eigenvalue weighted by atomic mass is 14.7. The Labute approximate surface area is 727 Å². The predicted octanol–water partition coefficient (Wildman–Crippen LogP) is 30.0. The Hall–Kier alpha value is -16.5. The largest absolute Gasteiger partial charge is 0.254 e. The van der Waals surface area contributed by atoms with E-state index in [1.807, 2.05) is 49.1 Å². The summed E-state index contributed by atoms with van der Waals surface area (Å²) in [4.78, 5) is 29.9. The molecule has 2 aliphatic carbocycles. The van der Waals surface area contributed by atoms with Crippen LogP contribution in [-0.4, -0.2) is 29.9 Å². The molecule has 126 heavy (non-hydrogen) atoms. The third kappa shape index (κ3) is 11.2. The van der Waals surface area contributed by atoms with E-state index in [9.17, 15) is 0 Å². The molecule has 0 saturated heterocycles. The first-order valence-electron chi connectivity index (χ1n) is 43.2. The number of rotatable bonds is 10. The van der Waals surface area contributed by atoms with E-state index in [-0.39, 0.29) is 0 Å². The number of hydrogen-bond donors (Lipinski definition) is 0. The summed E-state index contributed by atoms with van der Waals surface area (Å²) in [6, 6.07) is 155. The van der Waals surface area contributed by atoms with Gasteiger partial charge in [-0.25, -0.2) is 9.97 Å². The van der Waals surface area contributed by atoms with E-state index in [0.29, 0.717) is 0 Å². The molecule has 0 aliphatic heterocycles. The van der Waals surface area contributed by atoms with Gasteiger partial charge in [-0.2, -0.15) is 0 Å². The molecule has 6 nitrogen and oxygen atoms in total. The van der Waals surface area contributed by atoms with Gasteiger partial charge in [-0.15, -0.1) is 0 Å². The van der Waals surface area contributed by atoms with Crippen molar-refractivity contribution in [3.63, 3.8) is 0 Å². The van der Waals surface area contributed by atoms with Crippen LogP contribution >= 0.6 is 0 Å². The third-order valence-corrected chi connectivity index (χ3v) is 26.8. The predicted molar refractivity (Wildman–Crippen MR) is 522 cm³/mol. The lowest BCUT2D eigenvalue weighted by atomic mass is 9.67. The molecule has 0 N–H and O–H groups in total. The number of hydrogen-bond acceptors (Lipinski definition) is 6. The average molecular weight is 1600 g/mol. The van der Waals surface area contributed by atoms with Crippen LogP contribution in [0.2, 0.25) is 0 Å². The number of aromatic nitrogens is 6. The van der Waals surface area contributed by atoms with E-state index >= 15 is 0 Å². The maximum absolute atomic E-state index is 5.50. The molecule has 2 aliphatic rings. The van der Waals surface area contributed by atoms with Crippen molar-refractivity contribution < 1.29 is 0 Å². The fraction of sp³-hybridized carbons (Fsp3) is 0.0167. The van der Waals surface area contributed by atoms with Crippen molar-refractivity contribution in [2.24, 2.45) is 0 Å². The van der Waals surface area contributed by atoms with Crippen molar-refractivity contribution in [1.29, 1.82) is 0 Å². The van der Waals surface area contributed by atoms with Gasteiger partial charge >= 0.3 is 0 Å². The van der Waals surface area contributed by atoms with Crippen LogP contribution in [0.4, 0.5) is 0 Å². The van der Waals surface area contributed by atoms with E-state index in [4.69, 9.17) is 24.9 Å². The smallest absolute Gasteiger partial charge is 0.0970 e. The molecule has 0 spiro atoms. The molecule has 0 amide bonds. The highest BCUT2D eigenvalue weighted by Crippen LogP contribution is 2.60. The van der Waals surface area contributed by atoms with Gasteiger partial charge in [-0.05, 0) is 241 Å². The monoisotopic (exact) mass is 1600 g/mol. The standard InChI is InChI=1S/2C60H37N3/c1-3-17-45(18-4-1)60(46-19-5-2-6-20-46)54-24-9-7-21-47(54)52-36-53-51(37-55(52)60)48-22-8-10-25-56(48)63-57(53)43-15-11-14-38(34-43)39-26-27-41-33-42(29-28-40(41)32-39)50-35-44-16-12-30-61-58(44)59-49(50)23-13-31-62-59;1-3-19-41(20-4-1)60(42-21-5-2-6-22-42)54-28-11-9-25-47(54)52-36-53-51(37-55(52)60)48-26-10-12-29-56(48)63-57(53)39-17-13-16-38(34-39)43-30-31-46(45-24-8-7-23-44(43)45)50-35-40-18-14-32-61-58(40)59-49(50)27-15-33-62-59/h2*1-37H. The first-order chi connectivity index (χ1) is 62.5. The lowest BCUT2D eigenvalue weighted by Gasteiger charge is -2.34. The summed E-state index contributed by atoms with van der Waals surface area (Å²) in [5.41, 5.74) is 33.4. The van der Waals surface area contributed by atoms with Gasteiger partial charge in [0.2, 0.25) is 0 Å². The molecule has 6 aromatic heterocycles. The van der Waals surface area contributed by atoms with Crippen LogP contribution in [0.5, 0.6) is 0 Å². The van der Waals surface area contributed by atoms with E-state index in [0.717, 1.165) is 127 Å². The van der Waals surface area contributed by atoms with Crippen molar-refractivity contribution in [3.05, 3.63) is 494 Å². The maximum Gasteiger partial charge on any atom is 0.0970 e. The summed E-state index contributed by atoms with van der Waals surface area (Å²) in [5.74, 6) is 0. The minimum absolute atomic E-state index is 0.484. The van der Waals surface area contributed by atoms with E-state index < -0.39 is 10.8 Å². The van der Waals surface area contributed by atoms with Crippen molar-refractivity contribution in [2.45, 2.75) is 10.8 Å². The van der Waals surface area contributed by atoms with Gasteiger partial charge in [0.15, 0.2) is 0 Å². The summed E-state index contributed by atoms with van der Waals surface area (Å²) in [5, 5.41) is 16.1. The number of pyridine rings is 6. The lowest BCUT2D eigenvalue weighted by Crippen LogP contribution is -2.28.